The Labute approximate surface area is 208 Å². The van der Waals surface area contributed by atoms with Gasteiger partial charge in [0.15, 0.2) is 11.6 Å². The summed E-state index contributed by atoms with van der Waals surface area (Å²) < 4.78 is 25.9. The van der Waals surface area contributed by atoms with Crippen molar-refractivity contribution in [2.45, 2.75) is 62.3 Å². The van der Waals surface area contributed by atoms with E-state index in [0.29, 0.717) is 53.5 Å². The Kier molecular flexibility index (Phi) is 5.72. The molecule has 0 spiro atoms. The van der Waals surface area contributed by atoms with Gasteiger partial charge in [-0.2, -0.15) is 9.19 Å². The van der Waals surface area contributed by atoms with Gasteiger partial charge in [0.1, 0.15) is 11.6 Å². The number of nitrogens with zero attached hydrogens (tertiary/aromatic N) is 5. The highest BCUT2D eigenvalue weighted by Crippen LogP contribution is 2.36. The molecule has 3 aromatic heterocycles. The van der Waals surface area contributed by atoms with Crippen molar-refractivity contribution in [3.8, 4) is 11.4 Å². The second kappa shape index (κ2) is 8.93. The highest BCUT2D eigenvalue weighted by molar-refractivity contribution is 7.90. The molecule has 3 saturated carbocycles. The van der Waals surface area contributed by atoms with E-state index in [2.05, 4.69) is 30.7 Å². The van der Waals surface area contributed by atoms with Crippen LogP contribution >= 0.6 is 0 Å². The minimum atomic E-state index is -3.47. The fourth-order valence-electron chi connectivity index (χ4n) is 4.49. The van der Waals surface area contributed by atoms with E-state index in [0.717, 1.165) is 29.8 Å². The van der Waals surface area contributed by atoms with Crippen molar-refractivity contribution >= 4 is 33.1 Å². The molecule has 188 valence electrons. The first-order valence-corrected chi connectivity index (χ1v) is 13.8. The van der Waals surface area contributed by atoms with Crippen molar-refractivity contribution in [3.05, 3.63) is 42.5 Å². The number of carbonyl (C=O) groups is 1. The first-order chi connectivity index (χ1) is 17.4. The molecule has 3 aliphatic rings. The smallest absolute Gasteiger partial charge is 0.256 e. The zero-order valence-corrected chi connectivity index (χ0v) is 20.4. The molecule has 0 unspecified atom stereocenters. The monoisotopic (exact) mass is 509 g/mol. The quantitative estimate of drug-likeness (QED) is 0.367. The standard InChI is InChI=1S/C24H27N7O4S/c32-17-4-3-16(9-17)28-20-10-22(26-12-19(20)23(33)14-1-2-14)29-21-7-8-25-24(30-21)15-11-27-31(13-15)36(34,35)18-5-6-18/h7-8,10-14,16-18,32H,1-6,9H2,(H2,25,26,28,29,30)/t16-,17-/m1/s1. The highest BCUT2D eigenvalue weighted by Gasteiger charge is 2.38. The van der Waals surface area contributed by atoms with Gasteiger partial charge in [-0.15, -0.1) is 0 Å². The van der Waals surface area contributed by atoms with E-state index in [1.807, 2.05) is 0 Å². The summed E-state index contributed by atoms with van der Waals surface area (Å²) in [6, 6.07) is 3.57. The van der Waals surface area contributed by atoms with E-state index in [-0.39, 0.29) is 29.1 Å². The van der Waals surface area contributed by atoms with Gasteiger partial charge in [-0.25, -0.2) is 23.4 Å². The van der Waals surface area contributed by atoms with Crippen LogP contribution in [-0.2, 0) is 10.0 Å². The van der Waals surface area contributed by atoms with Gasteiger partial charge in [-0.05, 0) is 51.0 Å². The number of aliphatic hydroxyl groups excluding tert-OH is 1. The van der Waals surface area contributed by atoms with Crippen molar-refractivity contribution in [2.75, 3.05) is 10.6 Å². The lowest BCUT2D eigenvalue weighted by Crippen LogP contribution is -2.19. The van der Waals surface area contributed by atoms with Crippen LogP contribution in [0.25, 0.3) is 11.4 Å². The van der Waals surface area contributed by atoms with Gasteiger partial charge in [-0.3, -0.25) is 4.79 Å². The lowest BCUT2D eigenvalue weighted by atomic mass is 10.1. The summed E-state index contributed by atoms with van der Waals surface area (Å²) in [6.45, 7) is 0. The molecule has 3 aliphatic carbocycles. The lowest BCUT2D eigenvalue weighted by molar-refractivity contribution is 0.0968. The zero-order valence-electron chi connectivity index (χ0n) is 19.5. The maximum atomic E-state index is 12.8. The number of hydrogen-bond acceptors (Lipinski definition) is 10. The Bertz CT molecular complexity index is 1420. The second-order valence-corrected chi connectivity index (χ2v) is 11.9. The predicted octanol–water partition coefficient (Wildman–Crippen LogP) is 2.74. The third-order valence-corrected chi connectivity index (χ3v) is 8.85. The Morgan fingerprint density at radius 2 is 1.89 bits per heavy atom. The minimum Gasteiger partial charge on any atom is -0.393 e. The molecule has 6 rings (SSSR count). The normalized spacial score (nSPS) is 21.9. The summed E-state index contributed by atoms with van der Waals surface area (Å²) in [5.41, 5.74) is 1.75. The van der Waals surface area contributed by atoms with Gasteiger partial charge in [-0.1, -0.05) is 0 Å². The van der Waals surface area contributed by atoms with Crippen LogP contribution in [0.4, 0.5) is 17.3 Å². The number of nitrogens with one attached hydrogen (secondary N) is 2. The van der Waals surface area contributed by atoms with E-state index in [4.69, 9.17) is 0 Å². The first-order valence-electron chi connectivity index (χ1n) is 12.2. The molecule has 3 N–H and O–H groups in total. The Hall–Kier alpha value is -3.38. The molecular formula is C24H27N7O4S. The van der Waals surface area contributed by atoms with Crippen LogP contribution in [0.15, 0.2) is 36.9 Å². The van der Waals surface area contributed by atoms with Gasteiger partial charge >= 0.3 is 0 Å². The molecule has 0 aromatic carbocycles. The van der Waals surface area contributed by atoms with E-state index >= 15 is 0 Å². The van der Waals surface area contributed by atoms with Gasteiger partial charge in [0.2, 0.25) is 0 Å². The SMILES string of the molecule is O=C(c1cnc(Nc2ccnc(-c3cnn(S(=O)(=O)C4CC4)c3)n2)cc1N[C@@H]1CC[C@@H](O)C1)C1CC1. The Balaban J connectivity index is 1.24. The van der Waals surface area contributed by atoms with Crippen LogP contribution in [0.5, 0.6) is 0 Å². The van der Waals surface area contributed by atoms with Crippen molar-refractivity contribution in [1.29, 1.82) is 0 Å². The third kappa shape index (κ3) is 4.70. The number of aromatic nitrogens is 5. The summed E-state index contributed by atoms with van der Waals surface area (Å²) in [4.78, 5) is 26.0. The molecule has 0 aliphatic heterocycles. The van der Waals surface area contributed by atoms with Crippen LogP contribution < -0.4 is 10.6 Å². The van der Waals surface area contributed by atoms with Crippen LogP contribution in [0, 0.1) is 5.92 Å². The predicted molar refractivity (Wildman–Crippen MR) is 132 cm³/mol. The highest BCUT2D eigenvalue weighted by atomic mass is 32.2. The van der Waals surface area contributed by atoms with Crippen LogP contribution in [0.2, 0.25) is 0 Å². The molecule has 0 amide bonds. The second-order valence-electron chi connectivity index (χ2n) is 9.80. The van der Waals surface area contributed by atoms with Crippen molar-refractivity contribution in [3.63, 3.8) is 0 Å². The Morgan fingerprint density at radius 3 is 2.61 bits per heavy atom. The Morgan fingerprint density at radius 1 is 1.06 bits per heavy atom. The summed E-state index contributed by atoms with van der Waals surface area (Å²) in [5, 5.41) is 20.1. The van der Waals surface area contributed by atoms with E-state index in [1.54, 1.807) is 24.5 Å². The fourth-order valence-corrected chi connectivity index (χ4v) is 5.97. The summed E-state index contributed by atoms with van der Waals surface area (Å²) in [6.07, 6.45) is 11.0. The fraction of sp³-hybridized carbons (Fsp3) is 0.458. The molecule has 0 bridgehead atoms. The molecule has 36 heavy (non-hydrogen) atoms. The molecule has 12 heteroatoms. The summed E-state index contributed by atoms with van der Waals surface area (Å²) in [7, 11) is -3.47. The molecule has 11 nitrogen and oxygen atoms in total. The molecule has 0 radical (unpaired) electrons. The van der Waals surface area contributed by atoms with Gasteiger partial charge in [0.25, 0.3) is 10.0 Å². The van der Waals surface area contributed by atoms with E-state index < -0.39 is 10.0 Å². The minimum absolute atomic E-state index is 0.0643. The molecular weight excluding hydrogens is 482 g/mol. The van der Waals surface area contributed by atoms with Gasteiger partial charge in [0.05, 0.1) is 40.6 Å². The molecule has 3 fully saturated rings. The van der Waals surface area contributed by atoms with E-state index in [9.17, 15) is 18.3 Å². The van der Waals surface area contributed by atoms with Crippen LogP contribution in [-0.4, -0.2) is 60.8 Å². The number of ketones is 1. The zero-order chi connectivity index (χ0) is 24.9. The number of Topliss-reactive ketones (excluding diaryl/α,β-unsaturated/α-hetero) is 1. The van der Waals surface area contributed by atoms with Crippen molar-refractivity contribution in [1.82, 2.24) is 24.1 Å². The number of pyridine rings is 1. The number of hydrogen-bond donors (Lipinski definition) is 3. The van der Waals surface area contributed by atoms with Gasteiger partial charge < -0.3 is 15.7 Å². The summed E-state index contributed by atoms with van der Waals surface area (Å²) in [5.74, 6) is 1.46. The lowest BCUT2D eigenvalue weighted by Gasteiger charge is -2.18. The molecule has 2 atom stereocenters. The van der Waals surface area contributed by atoms with Gasteiger partial charge in [0, 0.05) is 30.4 Å². The van der Waals surface area contributed by atoms with Crippen molar-refractivity contribution in [2.24, 2.45) is 5.92 Å². The van der Waals surface area contributed by atoms with Crippen LogP contribution in [0.1, 0.15) is 55.3 Å². The largest absolute Gasteiger partial charge is 0.393 e. The number of anilines is 3. The maximum absolute atomic E-state index is 12.8. The molecule has 3 aromatic rings. The van der Waals surface area contributed by atoms with Crippen LogP contribution in [0.3, 0.4) is 0 Å². The van der Waals surface area contributed by atoms with E-state index in [1.165, 1.54) is 12.4 Å². The summed E-state index contributed by atoms with van der Waals surface area (Å²) >= 11 is 0. The molecule has 0 saturated heterocycles. The van der Waals surface area contributed by atoms with Crippen molar-refractivity contribution < 1.29 is 18.3 Å². The number of aliphatic hydroxyl groups is 1. The average molecular weight is 510 g/mol. The average Bonchev–Trinajstić information content (AvgIpc) is 3.79. The first kappa shape index (κ1) is 23.0. The number of rotatable bonds is 9. The third-order valence-electron chi connectivity index (χ3n) is 6.82. The molecule has 3 heterocycles. The topological polar surface area (TPSA) is 152 Å². The number of carbonyl (C=O) groups excluding carboxylic acids is 1. The maximum Gasteiger partial charge on any atom is 0.256 e.